The van der Waals surface area contributed by atoms with Crippen LogP contribution in [0.4, 0.5) is 0 Å². The maximum absolute atomic E-state index is 11.9. The van der Waals surface area contributed by atoms with Gasteiger partial charge in [-0.15, -0.1) is 0 Å². The largest absolute Gasteiger partial charge is 0.497 e. The normalized spacial score (nSPS) is 11.0. The first kappa shape index (κ1) is 14.6. The standard InChI is InChI=1S/C16H16N2O3/c1-11-6-8-12(9-7-11)15(17)18-21-16(19)13-4-3-5-14(10-13)20-2/h3-10H,1-2H3,(H2,17,18). The lowest BCUT2D eigenvalue weighted by Crippen LogP contribution is -2.15. The Hall–Kier alpha value is -2.82. The number of hydrogen-bond donors (Lipinski definition) is 1. The summed E-state index contributed by atoms with van der Waals surface area (Å²) in [5.74, 6) is 0.121. The van der Waals surface area contributed by atoms with Crippen LogP contribution in [0.2, 0.25) is 0 Å². The van der Waals surface area contributed by atoms with E-state index in [0.29, 0.717) is 16.9 Å². The molecule has 0 atom stereocenters. The monoisotopic (exact) mass is 284 g/mol. The summed E-state index contributed by atoms with van der Waals surface area (Å²) in [6.45, 7) is 1.97. The molecule has 0 radical (unpaired) electrons. The highest BCUT2D eigenvalue weighted by atomic mass is 16.7. The van der Waals surface area contributed by atoms with Gasteiger partial charge in [-0.3, -0.25) is 0 Å². The summed E-state index contributed by atoms with van der Waals surface area (Å²) in [7, 11) is 1.53. The molecule has 2 aromatic carbocycles. The van der Waals surface area contributed by atoms with Gasteiger partial charge in [0.15, 0.2) is 5.84 Å². The van der Waals surface area contributed by atoms with E-state index < -0.39 is 5.97 Å². The minimum Gasteiger partial charge on any atom is -0.497 e. The number of ether oxygens (including phenoxy) is 1. The third-order valence-electron chi connectivity index (χ3n) is 2.88. The van der Waals surface area contributed by atoms with Crippen LogP contribution in [0.1, 0.15) is 21.5 Å². The van der Waals surface area contributed by atoms with Crippen molar-refractivity contribution in [1.82, 2.24) is 0 Å². The number of methoxy groups -OCH3 is 1. The van der Waals surface area contributed by atoms with E-state index in [4.69, 9.17) is 15.3 Å². The summed E-state index contributed by atoms with van der Waals surface area (Å²) in [6, 6.07) is 14.1. The number of carbonyl (C=O) groups excluding carboxylic acids is 1. The summed E-state index contributed by atoms with van der Waals surface area (Å²) < 4.78 is 5.04. The zero-order valence-corrected chi connectivity index (χ0v) is 11.9. The average Bonchev–Trinajstić information content (AvgIpc) is 2.53. The molecule has 0 amide bonds. The Morgan fingerprint density at radius 1 is 1.10 bits per heavy atom. The van der Waals surface area contributed by atoms with Crippen molar-refractivity contribution in [3.8, 4) is 5.75 Å². The van der Waals surface area contributed by atoms with Crippen molar-refractivity contribution in [3.05, 3.63) is 65.2 Å². The van der Waals surface area contributed by atoms with Crippen LogP contribution in [0.25, 0.3) is 0 Å². The number of hydrogen-bond acceptors (Lipinski definition) is 4. The van der Waals surface area contributed by atoms with Crippen LogP contribution in [0, 0.1) is 6.92 Å². The Bertz CT molecular complexity index is 663. The van der Waals surface area contributed by atoms with E-state index in [9.17, 15) is 4.79 Å². The maximum atomic E-state index is 11.9. The Labute approximate surface area is 123 Å². The van der Waals surface area contributed by atoms with Gasteiger partial charge in [-0.25, -0.2) is 4.79 Å². The minimum atomic E-state index is -0.594. The summed E-state index contributed by atoms with van der Waals surface area (Å²) in [5, 5.41) is 3.66. The van der Waals surface area contributed by atoms with Crippen LogP contribution in [0.5, 0.6) is 5.75 Å². The summed E-state index contributed by atoms with van der Waals surface area (Å²) in [4.78, 5) is 16.7. The fraction of sp³-hybridized carbons (Fsp3) is 0.125. The van der Waals surface area contributed by atoms with E-state index >= 15 is 0 Å². The van der Waals surface area contributed by atoms with Gasteiger partial charge in [0.2, 0.25) is 0 Å². The molecule has 2 N–H and O–H groups in total. The third kappa shape index (κ3) is 3.82. The molecule has 0 bridgehead atoms. The quantitative estimate of drug-likeness (QED) is 0.405. The molecule has 108 valence electrons. The molecule has 0 fully saturated rings. The average molecular weight is 284 g/mol. The summed E-state index contributed by atoms with van der Waals surface area (Å²) >= 11 is 0. The molecule has 0 spiro atoms. The van der Waals surface area contributed by atoms with Crippen molar-refractivity contribution in [3.63, 3.8) is 0 Å². The molecule has 5 nitrogen and oxygen atoms in total. The molecule has 0 aliphatic carbocycles. The van der Waals surface area contributed by atoms with Gasteiger partial charge >= 0.3 is 5.97 Å². The van der Waals surface area contributed by atoms with Crippen LogP contribution in [0.3, 0.4) is 0 Å². The third-order valence-corrected chi connectivity index (χ3v) is 2.88. The van der Waals surface area contributed by atoms with Gasteiger partial charge < -0.3 is 15.3 Å². The zero-order valence-electron chi connectivity index (χ0n) is 11.9. The van der Waals surface area contributed by atoms with Gasteiger partial charge in [0.05, 0.1) is 12.7 Å². The second kappa shape index (κ2) is 6.56. The highest BCUT2D eigenvalue weighted by Gasteiger charge is 2.09. The van der Waals surface area contributed by atoms with Crippen LogP contribution in [0.15, 0.2) is 53.7 Å². The number of nitrogens with two attached hydrogens (primary N) is 1. The van der Waals surface area contributed by atoms with E-state index in [-0.39, 0.29) is 5.84 Å². The molecule has 0 saturated heterocycles. The topological polar surface area (TPSA) is 73.9 Å². The summed E-state index contributed by atoms with van der Waals surface area (Å²) in [5.41, 5.74) is 7.92. The lowest BCUT2D eigenvalue weighted by Gasteiger charge is -2.03. The zero-order chi connectivity index (χ0) is 15.2. The maximum Gasteiger partial charge on any atom is 0.365 e. The molecule has 0 aliphatic heterocycles. The van der Waals surface area contributed by atoms with Crippen molar-refractivity contribution >= 4 is 11.8 Å². The van der Waals surface area contributed by atoms with Crippen LogP contribution in [-0.4, -0.2) is 18.9 Å². The number of rotatable bonds is 4. The predicted octanol–water partition coefficient (Wildman–Crippen LogP) is 2.48. The molecule has 0 heterocycles. The van der Waals surface area contributed by atoms with E-state index in [0.717, 1.165) is 5.56 Å². The molecular formula is C16H16N2O3. The highest BCUT2D eigenvalue weighted by Crippen LogP contribution is 2.13. The van der Waals surface area contributed by atoms with Crippen molar-refractivity contribution in [2.75, 3.05) is 7.11 Å². The first-order chi connectivity index (χ1) is 10.1. The van der Waals surface area contributed by atoms with Crippen molar-refractivity contribution in [2.45, 2.75) is 6.92 Å². The molecular weight excluding hydrogens is 268 g/mol. The van der Waals surface area contributed by atoms with Crippen LogP contribution < -0.4 is 10.5 Å². The fourth-order valence-electron chi connectivity index (χ4n) is 1.67. The number of aryl methyl sites for hydroxylation is 1. The fourth-order valence-corrected chi connectivity index (χ4v) is 1.67. The van der Waals surface area contributed by atoms with Gasteiger partial charge in [0.25, 0.3) is 0 Å². The first-order valence-corrected chi connectivity index (χ1v) is 6.36. The summed E-state index contributed by atoms with van der Waals surface area (Å²) in [6.07, 6.45) is 0. The molecule has 2 rings (SSSR count). The Morgan fingerprint density at radius 3 is 2.48 bits per heavy atom. The molecule has 21 heavy (non-hydrogen) atoms. The SMILES string of the molecule is COc1cccc(C(=O)O/N=C(\N)c2ccc(C)cc2)c1. The smallest absolute Gasteiger partial charge is 0.365 e. The van der Waals surface area contributed by atoms with Crippen LogP contribution >= 0.6 is 0 Å². The highest BCUT2D eigenvalue weighted by molar-refractivity contribution is 5.98. The van der Waals surface area contributed by atoms with E-state index in [1.807, 2.05) is 31.2 Å². The number of amidine groups is 1. The van der Waals surface area contributed by atoms with Gasteiger partial charge in [0, 0.05) is 5.56 Å². The molecule has 0 saturated carbocycles. The van der Waals surface area contributed by atoms with Gasteiger partial charge in [-0.1, -0.05) is 41.1 Å². The van der Waals surface area contributed by atoms with Gasteiger partial charge in [-0.2, -0.15) is 0 Å². The van der Waals surface area contributed by atoms with Crippen molar-refractivity contribution in [1.29, 1.82) is 0 Å². The predicted molar refractivity (Wildman–Crippen MR) is 80.3 cm³/mol. The lowest BCUT2D eigenvalue weighted by molar-refractivity contribution is 0.0515. The first-order valence-electron chi connectivity index (χ1n) is 6.36. The van der Waals surface area contributed by atoms with Gasteiger partial charge in [0.1, 0.15) is 5.75 Å². The minimum absolute atomic E-state index is 0.145. The Morgan fingerprint density at radius 2 is 1.81 bits per heavy atom. The Balaban J connectivity index is 2.08. The second-order valence-corrected chi connectivity index (χ2v) is 4.45. The number of benzene rings is 2. The lowest BCUT2D eigenvalue weighted by atomic mass is 10.1. The van der Waals surface area contributed by atoms with Crippen LogP contribution in [-0.2, 0) is 4.84 Å². The van der Waals surface area contributed by atoms with Crippen molar-refractivity contribution < 1.29 is 14.4 Å². The molecule has 0 aliphatic rings. The van der Waals surface area contributed by atoms with E-state index in [1.165, 1.54) is 7.11 Å². The molecule has 0 unspecified atom stereocenters. The van der Waals surface area contributed by atoms with Crippen molar-refractivity contribution in [2.24, 2.45) is 10.9 Å². The number of oxime groups is 1. The van der Waals surface area contributed by atoms with Gasteiger partial charge in [-0.05, 0) is 25.1 Å². The molecule has 0 aromatic heterocycles. The van der Waals surface area contributed by atoms with E-state index in [1.54, 1.807) is 24.3 Å². The Kier molecular flexibility index (Phi) is 4.56. The second-order valence-electron chi connectivity index (χ2n) is 4.45. The number of carbonyl (C=O) groups is 1. The molecule has 5 heteroatoms. The molecule has 2 aromatic rings. The van der Waals surface area contributed by atoms with E-state index in [2.05, 4.69) is 5.16 Å². The number of nitrogens with zero attached hydrogens (tertiary/aromatic N) is 1.